The number of aromatic nitrogens is 2. The normalized spacial score (nSPS) is 10.3. The van der Waals surface area contributed by atoms with Gasteiger partial charge in [0, 0.05) is 18.9 Å². The zero-order valence-corrected chi connectivity index (χ0v) is 9.10. The fourth-order valence-electron chi connectivity index (χ4n) is 1.37. The van der Waals surface area contributed by atoms with Crippen molar-refractivity contribution in [3.05, 3.63) is 48.4 Å². The molecule has 0 fully saturated rings. The Bertz CT molecular complexity index is 509. The molecule has 0 aliphatic rings. The summed E-state index contributed by atoms with van der Waals surface area (Å²) in [6.45, 7) is 6.07. The van der Waals surface area contributed by atoms with E-state index in [1.807, 2.05) is 35.7 Å². The van der Waals surface area contributed by atoms with Crippen LogP contribution in [0.3, 0.4) is 0 Å². The van der Waals surface area contributed by atoms with Crippen molar-refractivity contribution in [2.75, 3.05) is 6.54 Å². The highest BCUT2D eigenvalue weighted by Gasteiger charge is 2.09. The van der Waals surface area contributed by atoms with Crippen molar-refractivity contribution in [2.24, 2.45) is 0 Å². The van der Waals surface area contributed by atoms with Crippen LogP contribution >= 0.6 is 0 Å². The summed E-state index contributed by atoms with van der Waals surface area (Å²) in [5.41, 5.74) is 2.10. The molecule has 1 amide bonds. The summed E-state index contributed by atoms with van der Waals surface area (Å²) in [7, 11) is 0. The van der Waals surface area contributed by atoms with E-state index in [-0.39, 0.29) is 5.91 Å². The molecule has 2 heterocycles. The average molecular weight is 215 g/mol. The first-order valence-corrected chi connectivity index (χ1v) is 5.03. The van der Waals surface area contributed by atoms with Gasteiger partial charge in [-0.3, -0.25) is 4.79 Å². The fraction of sp³-hybridized carbons (Fsp3) is 0.167. The smallest absolute Gasteiger partial charge is 0.271 e. The molecule has 2 aromatic heterocycles. The predicted molar refractivity (Wildman–Crippen MR) is 62.3 cm³/mol. The van der Waals surface area contributed by atoms with Crippen molar-refractivity contribution in [3.8, 4) is 0 Å². The van der Waals surface area contributed by atoms with Crippen LogP contribution in [0.25, 0.3) is 5.65 Å². The van der Waals surface area contributed by atoms with E-state index >= 15 is 0 Å². The highest BCUT2D eigenvalue weighted by Crippen LogP contribution is 2.04. The molecular formula is C12H13N3O. The zero-order chi connectivity index (χ0) is 11.5. The van der Waals surface area contributed by atoms with Gasteiger partial charge < -0.3 is 9.72 Å². The minimum atomic E-state index is -0.174. The maximum atomic E-state index is 11.7. The molecule has 4 heteroatoms. The van der Waals surface area contributed by atoms with Gasteiger partial charge >= 0.3 is 0 Å². The number of imidazole rings is 1. The van der Waals surface area contributed by atoms with Gasteiger partial charge in [-0.05, 0) is 19.1 Å². The van der Waals surface area contributed by atoms with E-state index < -0.39 is 0 Å². The van der Waals surface area contributed by atoms with Crippen LogP contribution in [-0.4, -0.2) is 21.8 Å². The molecule has 2 rings (SSSR count). The number of rotatable bonds is 3. The third kappa shape index (κ3) is 2.11. The number of carbonyl (C=O) groups excluding carboxylic acids is 1. The van der Waals surface area contributed by atoms with Gasteiger partial charge in [0.25, 0.3) is 5.91 Å². The van der Waals surface area contributed by atoms with Gasteiger partial charge in [-0.25, -0.2) is 4.98 Å². The van der Waals surface area contributed by atoms with Gasteiger partial charge in [0.05, 0.1) is 0 Å². The molecule has 0 bridgehead atoms. The summed E-state index contributed by atoms with van der Waals surface area (Å²) in [5.74, 6) is -0.174. The first-order valence-electron chi connectivity index (χ1n) is 5.03. The molecule has 2 aromatic rings. The molecule has 4 nitrogen and oxygen atoms in total. The fourth-order valence-corrected chi connectivity index (χ4v) is 1.37. The number of nitrogens with one attached hydrogen (secondary N) is 1. The molecular weight excluding hydrogens is 202 g/mol. The molecule has 82 valence electrons. The summed E-state index contributed by atoms with van der Waals surface area (Å²) in [4.78, 5) is 15.9. The van der Waals surface area contributed by atoms with E-state index in [4.69, 9.17) is 0 Å². The van der Waals surface area contributed by atoms with Gasteiger partial charge in [-0.2, -0.15) is 0 Å². The molecule has 0 spiro atoms. The van der Waals surface area contributed by atoms with Crippen LogP contribution in [0.1, 0.15) is 17.4 Å². The SMILES string of the molecule is C=C(C)CNC(=O)c1cn2ccccc2n1. The molecule has 0 saturated carbocycles. The number of carbonyl (C=O) groups is 1. The average Bonchev–Trinajstić information content (AvgIpc) is 2.69. The molecule has 0 aliphatic heterocycles. The second-order valence-electron chi connectivity index (χ2n) is 3.73. The maximum Gasteiger partial charge on any atom is 0.271 e. The highest BCUT2D eigenvalue weighted by atomic mass is 16.1. The molecule has 1 N–H and O–H groups in total. The Labute approximate surface area is 93.6 Å². The molecule has 0 atom stereocenters. The maximum absolute atomic E-state index is 11.7. The van der Waals surface area contributed by atoms with Gasteiger partial charge in [0.15, 0.2) is 0 Å². The van der Waals surface area contributed by atoms with E-state index in [1.54, 1.807) is 6.20 Å². The lowest BCUT2D eigenvalue weighted by Gasteiger charge is -2.00. The van der Waals surface area contributed by atoms with E-state index in [0.29, 0.717) is 12.2 Å². The lowest BCUT2D eigenvalue weighted by Crippen LogP contribution is -2.25. The largest absolute Gasteiger partial charge is 0.347 e. The first kappa shape index (κ1) is 10.4. The Hall–Kier alpha value is -2.10. The monoisotopic (exact) mass is 215 g/mol. The summed E-state index contributed by atoms with van der Waals surface area (Å²) in [6.07, 6.45) is 3.57. The number of hydrogen-bond donors (Lipinski definition) is 1. The second kappa shape index (κ2) is 4.18. The van der Waals surface area contributed by atoms with Crippen molar-refractivity contribution in [1.29, 1.82) is 0 Å². The lowest BCUT2D eigenvalue weighted by molar-refractivity contribution is 0.0952. The van der Waals surface area contributed by atoms with Crippen molar-refractivity contribution >= 4 is 11.6 Å². The minimum absolute atomic E-state index is 0.174. The quantitative estimate of drug-likeness (QED) is 0.791. The minimum Gasteiger partial charge on any atom is -0.347 e. The Morgan fingerprint density at radius 3 is 3.06 bits per heavy atom. The van der Waals surface area contributed by atoms with Crippen molar-refractivity contribution < 1.29 is 4.79 Å². The van der Waals surface area contributed by atoms with Gasteiger partial charge in [0.1, 0.15) is 11.3 Å². The highest BCUT2D eigenvalue weighted by molar-refractivity contribution is 5.92. The Morgan fingerprint density at radius 2 is 2.38 bits per heavy atom. The Kier molecular flexibility index (Phi) is 2.72. The molecule has 0 radical (unpaired) electrons. The van der Waals surface area contributed by atoms with Crippen LogP contribution in [0.2, 0.25) is 0 Å². The Morgan fingerprint density at radius 1 is 1.56 bits per heavy atom. The summed E-state index contributed by atoms with van der Waals surface area (Å²) >= 11 is 0. The summed E-state index contributed by atoms with van der Waals surface area (Å²) in [6, 6.07) is 5.64. The molecule has 0 aromatic carbocycles. The predicted octanol–water partition coefficient (Wildman–Crippen LogP) is 1.64. The standard InChI is InChI=1S/C12H13N3O/c1-9(2)7-13-12(16)10-8-15-6-4-3-5-11(15)14-10/h3-6,8H,1,7H2,2H3,(H,13,16). The van der Waals surface area contributed by atoms with Gasteiger partial charge in [0.2, 0.25) is 0 Å². The van der Waals surface area contributed by atoms with Crippen molar-refractivity contribution in [1.82, 2.24) is 14.7 Å². The van der Waals surface area contributed by atoms with E-state index in [9.17, 15) is 4.79 Å². The first-order chi connectivity index (χ1) is 7.66. The third-order valence-electron chi connectivity index (χ3n) is 2.15. The van der Waals surface area contributed by atoms with Gasteiger partial charge in [-0.1, -0.05) is 18.2 Å². The number of pyridine rings is 1. The number of nitrogens with zero attached hydrogens (tertiary/aromatic N) is 2. The van der Waals surface area contributed by atoms with Crippen molar-refractivity contribution in [3.63, 3.8) is 0 Å². The number of hydrogen-bond acceptors (Lipinski definition) is 2. The number of fused-ring (bicyclic) bond motifs is 1. The molecule has 0 unspecified atom stereocenters. The molecule has 16 heavy (non-hydrogen) atoms. The third-order valence-corrected chi connectivity index (χ3v) is 2.15. The summed E-state index contributed by atoms with van der Waals surface area (Å²) < 4.78 is 1.82. The van der Waals surface area contributed by atoms with Crippen molar-refractivity contribution in [2.45, 2.75) is 6.92 Å². The van der Waals surface area contributed by atoms with Crippen LogP contribution in [0.5, 0.6) is 0 Å². The van der Waals surface area contributed by atoms with E-state index in [1.165, 1.54) is 0 Å². The molecule has 0 saturated heterocycles. The van der Waals surface area contributed by atoms with Crippen LogP contribution in [0.4, 0.5) is 0 Å². The summed E-state index contributed by atoms with van der Waals surface area (Å²) in [5, 5.41) is 2.75. The van der Waals surface area contributed by atoms with Crippen LogP contribution in [-0.2, 0) is 0 Å². The van der Waals surface area contributed by atoms with Crippen LogP contribution in [0.15, 0.2) is 42.7 Å². The number of amides is 1. The van der Waals surface area contributed by atoms with Gasteiger partial charge in [-0.15, -0.1) is 0 Å². The topological polar surface area (TPSA) is 46.4 Å². The lowest BCUT2D eigenvalue weighted by atomic mass is 10.3. The zero-order valence-electron chi connectivity index (χ0n) is 9.10. The van der Waals surface area contributed by atoms with Crippen LogP contribution < -0.4 is 5.32 Å². The van der Waals surface area contributed by atoms with E-state index in [0.717, 1.165) is 11.2 Å². The van der Waals surface area contributed by atoms with E-state index in [2.05, 4.69) is 16.9 Å². The van der Waals surface area contributed by atoms with Crippen LogP contribution in [0, 0.1) is 0 Å². The molecule has 0 aliphatic carbocycles. The second-order valence-corrected chi connectivity index (χ2v) is 3.73. The Balaban J connectivity index is 2.20.